The highest BCUT2D eigenvalue weighted by Gasteiger charge is 2.22. The average molecular weight is 306 g/mol. The van der Waals surface area contributed by atoms with Gasteiger partial charge in [0.15, 0.2) is 0 Å². The quantitative estimate of drug-likeness (QED) is 0.694. The molecule has 0 fully saturated rings. The molecule has 116 valence electrons. The number of amides is 1. The number of benzene rings is 1. The van der Waals surface area contributed by atoms with Crippen molar-refractivity contribution < 1.29 is 14.1 Å². The van der Waals surface area contributed by atoms with E-state index in [1.165, 1.54) is 30.7 Å². The van der Waals surface area contributed by atoms with E-state index in [9.17, 15) is 19.3 Å². The van der Waals surface area contributed by atoms with Crippen molar-refractivity contribution >= 4 is 17.3 Å². The second-order valence-corrected chi connectivity index (χ2v) is 4.94. The van der Waals surface area contributed by atoms with Crippen LogP contribution in [0.3, 0.4) is 0 Å². The van der Waals surface area contributed by atoms with Crippen LogP contribution < -0.4 is 5.32 Å². The molecule has 0 unspecified atom stereocenters. The van der Waals surface area contributed by atoms with Gasteiger partial charge in [-0.15, -0.1) is 0 Å². The number of nitrogens with one attached hydrogen (secondary N) is 1. The molecular weight excluding hydrogens is 291 g/mol. The number of halogens is 1. The van der Waals surface area contributed by atoms with Gasteiger partial charge in [-0.3, -0.25) is 19.6 Å². The highest BCUT2D eigenvalue weighted by molar-refractivity contribution is 5.91. The SMILES string of the molecule is Cc1ccc(F)cc1NC(=O)Cn1nc(C)c([N+](=O)[O-])c1C. The van der Waals surface area contributed by atoms with E-state index in [0.717, 1.165) is 0 Å². The summed E-state index contributed by atoms with van der Waals surface area (Å²) >= 11 is 0. The van der Waals surface area contributed by atoms with Gasteiger partial charge in [0.2, 0.25) is 5.91 Å². The van der Waals surface area contributed by atoms with Crippen LogP contribution in [0.4, 0.5) is 15.8 Å². The molecule has 0 saturated carbocycles. The molecule has 0 atom stereocenters. The monoisotopic (exact) mass is 306 g/mol. The lowest BCUT2D eigenvalue weighted by Crippen LogP contribution is -2.21. The normalized spacial score (nSPS) is 10.5. The van der Waals surface area contributed by atoms with Gasteiger partial charge < -0.3 is 5.32 Å². The highest BCUT2D eigenvalue weighted by atomic mass is 19.1. The molecule has 0 saturated heterocycles. The van der Waals surface area contributed by atoms with Gasteiger partial charge in [-0.25, -0.2) is 4.39 Å². The Morgan fingerprint density at radius 2 is 2.09 bits per heavy atom. The van der Waals surface area contributed by atoms with Gasteiger partial charge in [0, 0.05) is 5.69 Å². The van der Waals surface area contributed by atoms with Crippen LogP contribution in [0.1, 0.15) is 17.0 Å². The fourth-order valence-electron chi connectivity index (χ4n) is 2.16. The Labute approximate surface area is 125 Å². The molecule has 2 aromatic rings. The topological polar surface area (TPSA) is 90.1 Å². The highest BCUT2D eigenvalue weighted by Crippen LogP contribution is 2.22. The summed E-state index contributed by atoms with van der Waals surface area (Å²) in [4.78, 5) is 22.4. The zero-order chi connectivity index (χ0) is 16.4. The predicted octanol–water partition coefficient (Wildman–Crippen LogP) is 2.49. The third-order valence-corrected chi connectivity index (χ3v) is 3.29. The Kier molecular flexibility index (Phi) is 4.20. The number of nitro groups is 1. The Bertz CT molecular complexity index is 755. The van der Waals surface area contributed by atoms with Crippen LogP contribution in [0.5, 0.6) is 0 Å². The van der Waals surface area contributed by atoms with Gasteiger partial charge in [0.1, 0.15) is 23.7 Å². The molecule has 1 aromatic carbocycles. The van der Waals surface area contributed by atoms with Crippen LogP contribution in [0.25, 0.3) is 0 Å². The van der Waals surface area contributed by atoms with Crippen LogP contribution >= 0.6 is 0 Å². The van der Waals surface area contributed by atoms with Crippen molar-refractivity contribution in [2.45, 2.75) is 27.3 Å². The maximum atomic E-state index is 13.2. The summed E-state index contributed by atoms with van der Waals surface area (Å²) in [6.07, 6.45) is 0. The fraction of sp³-hybridized carbons (Fsp3) is 0.286. The van der Waals surface area contributed by atoms with Crippen LogP contribution in [0.15, 0.2) is 18.2 Å². The zero-order valence-corrected chi connectivity index (χ0v) is 12.4. The van der Waals surface area contributed by atoms with Crippen LogP contribution in [0.2, 0.25) is 0 Å². The van der Waals surface area contributed by atoms with E-state index in [4.69, 9.17) is 0 Å². The summed E-state index contributed by atoms with van der Waals surface area (Å²) in [5.41, 5.74) is 1.52. The molecule has 8 heteroatoms. The van der Waals surface area contributed by atoms with Crippen molar-refractivity contribution in [2.75, 3.05) is 5.32 Å². The van der Waals surface area contributed by atoms with Crippen molar-refractivity contribution in [3.05, 3.63) is 51.1 Å². The molecule has 0 bridgehead atoms. The van der Waals surface area contributed by atoms with E-state index in [1.54, 1.807) is 13.0 Å². The molecule has 1 amide bonds. The maximum absolute atomic E-state index is 13.2. The number of carbonyl (C=O) groups is 1. The summed E-state index contributed by atoms with van der Waals surface area (Å²) in [7, 11) is 0. The minimum Gasteiger partial charge on any atom is -0.324 e. The van der Waals surface area contributed by atoms with E-state index in [2.05, 4.69) is 10.4 Å². The number of anilines is 1. The molecule has 1 aromatic heterocycles. The molecule has 1 heterocycles. The van der Waals surface area contributed by atoms with Gasteiger partial charge in [-0.05, 0) is 38.5 Å². The van der Waals surface area contributed by atoms with Gasteiger partial charge in [0.25, 0.3) is 0 Å². The number of nitrogens with zero attached hydrogens (tertiary/aromatic N) is 3. The summed E-state index contributed by atoms with van der Waals surface area (Å²) in [5, 5.41) is 17.5. The third-order valence-electron chi connectivity index (χ3n) is 3.29. The number of aromatic nitrogens is 2. The third kappa shape index (κ3) is 3.11. The largest absolute Gasteiger partial charge is 0.324 e. The molecule has 1 N–H and O–H groups in total. The summed E-state index contributed by atoms with van der Waals surface area (Å²) in [5.74, 6) is -0.892. The molecule has 0 aliphatic carbocycles. The average Bonchev–Trinajstić information content (AvgIpc) is 2.68. The second kappa shape index (κ2) is 5.92. The molecule has 7 nitrogen and oxygen atoms in total. The Hall–Kier alpha value is -2.77. The van der Waals surface area contributed by atoms with Crippen LogP contribution in [-0.4, -0.2) is 20.6 Å². The number of hydrogen-bond acceptors (Lipinski definition) is 4. The number of rotatable bonds is 4. The van der Waals surface area contributed by atoms with E-state index in [-0.39, 0.29) is 17.9 Å². The first-order valence-electron chi connectivity index (χ1n) is 6.54. The lowest BCUT2D eigenvalue weighted by molar-refractivity contribution is -0.386. The first-order valence-corrected chi connectivity index (χ1v) is 6.54. The van der Waals surface area contributed by atoms with Crippen molar-refractivity contribution in [3.8, 4) is 0 Å². The zero-order valence-electron chi connectivity index (χ0n) is 12.4. The van der Waals surface area contributed by atoms with E-state index in [0.29, 0.717) is 16.9 Å². The van der Waals surface area contributed by atoms with Gasteiger partial charge in [-0.2, -0.15) is 5.10 Å². The summed E-state index contributed by atoms with van der Waals surface area (Å²) in [6, 6.07) is 4.07. The first kappa shape index (κ1) is 15.6. The minimum atomic E-state index is -0.525. The molecular formula is C14H15FN4O3. The van der Waals surface area contributed by atoms with Crippen LogP contribution in [-0.2, 0) is 11.3 Å². The van der Waals surface area contributed by atoms with Crippen molar-refractivity contribution in [3.63, 3.8) is 0 Å². The molecule has 0 aliphatic heterocycles. The number of aryl methyl sites for hydroxylation is 2. The van der Waals surface area contributed by atoms with Gasteiger partial charge >= 0.3 is 5.69 Å². The molecule has 22 heavy (non-hydrogen) atoms. The van der Waals surface area contributed by atoms with Crippen molar-refractivity contribution in [2.24, 2.45) is 0 Å². The second-order valence-electron chi connectivity index (χ2n) is 4.94. The van der Waals surface area contributed by atoms with Gasteiger partial charge in [0.05, 0.1) is 4.92 Å². The lowest BCUT2D eigenvalue weighted by atomic mass is 10.2. The first-order chi connectivity index (χ1) is 10.3. The number of hydrogen-bond donors (Lipinski definition) is 1. The Balaban J connectivity index is 2.18. The van der Waals surface area contributed by atoms with Crippen molar-refractivity contribution in [1.82, 2.24) is 9.78 Å². The Morgan fingerprint density at radius 3 is 2.68 bits per heavy atom. The Morgan fingerprint density at radius 1 is 1.41 bits per heavy atom. The maximum Gasteiger partial charge on any atom is 0.312 e. The molecule has 0 spiro atoms. The standard InChI is InChI=1S/C14H15FN4O3/c1-8-4-5-11(15)6-12(8)16-13(20)7-18-10(3)14(19(21)22)9(2)17-18/h4-6H,7H2,1-3H3,(H,16,20). The lowest BCUT2D eigenvalue weighted by Gasteiger charge is -2.09. The summed E-state index contributed by atoms with van der Waals surface area (Å²) in [6.45, 7) is 4.59. The van der Waals surface area contributed by atoms with E-state index in [1.807, 2.05) is 0 Å². The predicted molar refractivity (Wildman–Crippen MR) is 78.1 cm³/mol. The molecule has 0 radical (unpaired) electrons. The smallest absolute Gasteiger partial charge is 0.312 e. The van der Waals surface area contributed by atoms with Crippen molar-refractivity contribution in [1.29, 1.82) is 0 Å². The van der Waals surface area contributed by atoms with Crippen LogP contribution in [0, 0.1) is 36.7 Å². The minimum absolute atomic E-state index is 0.102. The fourth-order valence-corrected chi connectivity index (χ4v) is 2.16. The molecule has 0 aliphatic rings. The summed E-state index contributed by atoms with van der Waals surface area (Å²) < 4.78 is 14.5. The van der Waals surface area contributed by atoms with Gasteiger partial charge in [-0.1, -0.05) is 6.07 Å². The number of carbonyl (C=O) groups excluding carboxylic acids is 1. The molecule has 2 rings (SSSR count). The van der Waals surface area contributed by atoms with E-state index < -0.39 is 16.6 Å². The van der Waals surface area contributed by atoms with E-state index >= 15 is 0 Å².